The van der Waals surface area contributed by atoms with E-state index in [1.54, 1.807) is 6.08 Å². The molecule has 0 fully saturated rings. The molecule has 1 aromatic rings. The summed E-state index contributed by atoms with van der Waals surface area (Å²) in [5, 5.41) is 2.40. The van der Waals surface area contributed by atoms with Crippen molar-refractivity contribution in [1.29, 1.82) is 0 Å². The van der Waals surface area contributed by atoms with Crippen LogP contribution in [0.5, 0.6) is 0 Å². The predicted molar refractivity (Wildman–Crippen MR) is 54.6 cm³/mol. The first kappa shape index (κ1) is 9.99. The maximum atomic E-state index is 10.8. The van der Waals surface area contributed by atoms with Crippen molar-refractivity contribution in [3.8, 4) is 0 Å². The molecule has 0 radical (unpaired) electrons. The lowest BCUT2D eigenvalue weighted by atomic mass is 10.2. The Morgan fingerprint density at radius 3 is 2.38 bits per heavy atom. The standard InChI is InChI=1S/C8H12N3OP/c9-13(10,12)11-7-6-8-4-2-1-3-5-8/h1-7H,(H5,9,10,11,12). The van der Waals surface area contributed by atoms with E-state index < -0.39 is 7.59 Å². The van der Waals surface area contributed by atoms with Crippen LogP contribution in [0, 0.1) is 0 Å². The van der Waals surface area contributed by atoms with Crippen molar-refractivity contribution >= 4 is 13.7 Å². The van der Waals surface area contributed by atoms with E-state index in [9.17, 15) is 4.57 Å². The Hall–Kier alpha value is -1.09. The molecule has 4 nitrogen and oxygen atoms in total. The topological polar surface area (TPSA) is 81.1 Å². The van der Waals surface area contributed by atoms with E-state index in [1.807, 2.05) is 30.3 Å². The molecule has 1 rings (SSSR count). The van der Waals surface area contributed by atoms with Crippen LogP contribution in [0.2, 0.25) is 0 Å². The van der Waals surface area contributed by atoms with Gasteiger partial charge < -0.3 is 5.09 Å². The van der Waals surface area contributed by atoms with E-state index in [-0.39, 0.29) is 0 Å². The van der Waals surface area contributed by atoms with Crippen LogP contribution in [-0.2, 0) is 4.57 Å². The highest BCUT2D eigenvalue weighted by Crippen LogP contribution is 2.17. The average molecular weight is 197 g/mol. The van der Waals surface area contributed by atoms with Crippen LogP contribution in [-0.4, -0.2) is 0 Å². The molecule has 0 aliphatic rings. The molecule has 0 aliphatic heterocycles. The first-order valence-corrected chi connectivity index (χ1v) is 5.59. The van der Waals surface area contributed by atoms with Crippen molar-refractivity contribution in [3.05, 3.63) is 42.1 Å². The van der Waals surface area contributed by atoms with E-state index in [1.165, 1.54) is 6.20 Å². The first-order valence-electron chi connectivity index (χ1n) is 3.74. The van der Waals surface area contributed by atoms with Gasteiger partial charge in [-0.1, -0.05) is 30.3 Å². The maximum Gasteiger partial charge on any atom is 0.297 e. The van der Waals surface area contributed by atoms with Crippen LogP contribution < -0.4 is 16.1 Å². The summed E-state index contributed by atoms with van der Waals surface area (Å²) in [6.07, 6.45) is 3.22. The molecule has 0 heterocycles. The van der Waals surface area contributed by atoms with Gasteiger partial charge in [-0.05, 0) is 11.6 Å². The zero-order chi connectivity index (χ0) is 9.73. The molecular formula is C8H12N3OP. The van der Waals surface area contributed by atoms with E-state index >= 15 is 0 Å². The predicted octanol–water partition coefficient (Wildman–Crippen LogP) is 1.27. The van der Waals surface area contributed by atoms with Gasteiger partial charge in [0.1, 0.15) is 0 Å². The van der Waals surface area contributed by atoms with Gasteiger partial charge in [-0.2, -0.15) is 0 Å². The van der Waals surface area contributed by atoms with Gasteiger partial charge in [0.15, 0.2) is 0 Å². The molecule has 0 aromatic heterocycles. The fraction of sp³-hybridized carbons (Fsp3) is 0. The van der Waals surface area contributed by atoms with E-state index in [0.29, 0.717) is 0 Å². The van der Waals surface area contributed by atoms with Gasteiger partial charge in [0.05, 0.1) is 0 Å². The second-order valence-electron chi connectivity index (χ2n) is 2.58. The zero-order valence-electron chi connectivity index (χ0n) is 7.05. The van der Waals surface area contributed by atoms with Gasteiger partial charge in [0, 0.05) is 6.20 Å². The van der Waals surface area contributed by atoms with Crippen molar-refractivity contribution in [3.63, 3.8) is 0 Å². The molecule has 0 amide bonds. The number of hydrogen-bond donors (Lipinski definition) is 3. The first-order chi connectivity index (χ1) is 6.08. The summed E-state index contributed by atoms with van der Waals surface area (Å²) in [4.78, 5) is 0. The lowest BCUT2D eigenvalue weighted by Gasteiger charge is -2.03. The van der Waals surface area contributed by atoms with Crippen LogP contribution in [0.15, 0.2) is 36.5 Å². The molecule has 13 heavy (non-hydrogen) atoms. The normalized spacial score (nSPS) is 11.8. The Morgan fingerprint density at radius 2 is 1.85 bits per heavy atom. The molecule has 0 spiro atoms. The third-order valence-corrected chi connectivity index (χ3v) is 1.90. The quantitative estimate of drug-likeness (QED) is 0.637. The Balaban J connectivity index is 2.56. The highest BCUT2D eigenvalue weighted by molar-refractivity contribution is 7.57. The van der Waals surface area contributed by atoms with Crippen molar-refractivity contribution in [1.82, 2.24) is 5.09 Å². The van der Waals surface area contributed by atoms with Crippen LogP contribution in [0.3, 0.4) is 0 Å². The Bertz CT molecular complexity index is 331. The number of nitrogens with two attached hydrogens (primary N) is 2. The largest absolute Gasteiger partial charge is 0.320 e. The van der Waals surface area contributed by atoms with Gasteiger partial charge in [-0.25, -0.2) is 0 Å². The van der Waals surface area contributed by atoms with Crippen molar-refractivity contribution < 1.29 is 4.57 Å². The minimum Gasteiger partial charge on any atom is -0.320 e. The highest BCUT2D eigenvalue weighted by atomic mass is 31.2. The lowest BCUT2D eigenvalue weighted by Crippen LogP contribution is -2.16. The summed E-state index contributed by atoms with van der Waals surface area (Å²) >= 11 is 0. The Kier molecular flexibility index (Phi) is 3.25. The van der Waals surface area contributed by atoms with Gasteiger partial charge in [0.25, 0.3) is 7.59 Å². The second-order valence-corrected chi connectivity index (χ2v) is 4.26. The van der Waals surface area contributed by atoms with E-state index in [0.717, 1.165) is 5.56 Å². The summed E-state index contributed by atoms with van der Waals surface area (Å²) in [6.45, 7) is 0. The summed E-state index contributed by atoms with van der Waals surface area (Å²) in [7, 11) is -3.14. The SMILES string of the molecule is NP(N)(=O)NC=Cc1ccccc1. The smallest absolute Gasteiger partial charge is 0.297 e. The van der Waals surface area contributed by atoms with Crippen LogP contribution in [0.1, 0.15) is 5.56 Å². The highest BCUT2D eigenvalue weighted by Gasteiger charge is 2.00. The van der Waals surface area contributed by atoms with Crippen molar-refractivity contribution in [2.75, 3.05) is 0 Å². The maximum absolute atomic E-state index is 10.8. The van der Waals surface area contributed by atoms with E-state index in [2.05, 4.69) is 5.09 Å². The molecular weight excluding hydrogens is 185 g/mol. The molecule has 5 heteroatoms. The van der Waals surface area contributed by atoms with Gasteiger partial charge in [-0.15, -0.1) is 0 Å². The molecule has 0 atom stereocenters. The van der Waals surface area contributed by atoms with Crippen LogP contribution >= 0.6 is 7.59 Å². The number of benzene rings is 1. The third-order valence-electron chi connectivity index (χ3n) is 1.35. The van der Waals surface area contributed by atoms with Gasteiger partial charge in [0.2, 0.25) is 0 Å². The lowest BCUT2D eigenvalue weighted by molar-refractivity contribution is 0.572. The number of rotatable bonds is 3. The molecule has 0 aliphatic carbocycles. The minimum absolute atomic E-state index is 0.989. The monoisotopic (exact) mass is 197 g/mol. The summed E-state index contributed by atoms with van der Waals surface area (Å²) in [5.74, 6) is 0. The Morgan fingerprint density at radius 1 is 1.23 bits per heavy atom. The minimum atomic E-state index is -3.14. The van der Waals surface area contributed by atoms with Gasteiger partial charge in [-0.3, -0.25) is 15.6 Å². The summed E-state index contributed by atoms with van der Waals surface area (Å²) < 4.78 is 10.8. The summed E-state index contributed by atoms with van der Waals surface area (Å²) in [5.41, 5.74) is 11.1. The molecule has 0 saturated carbocycles. The second kappa shape index (κ2) is 4.23. The van der Waals surface area contributed by atoms with Crippen molar-refractivity contribution in [2.45, 2.75) is 0 Å². The molecule has 0 bridgehead atoms. The van der Waals surface area contributed by atoms with Crippen LogP contribution in [0.4, 0.5) is 0 Å². The molecule has 0 unspecified atom stereocenters. The molecule has 70 valence electrons. The van der Waals surface area contributed by atoms with E-state index in [4.69, 9.17) is 11.0 Å². The fourth-order valence-electron chi connectivity index (χ4n) is 0.814. The molecule has 5 N–H and O–H groups in total. The molecule has 0 saturated heterocycles. The van der Waals surface area contributed by atoms with Crippen molar-refractivity contribution in [2.24, 2.45) is 11.0 Å². The van der Waals surface area contributed by atoms with Gasteiger partial charge >= 0.3 is 0 Å². The summed E-state index contributed by atoms with van der Waals surface area (Å²) in [6, 6.07) is 9.56. The average Bonchev–Trinajstić information content (AvgIpc) is 2.04. The molecule has 1 aromatic carbocycles. The third kappa shape index (κ3) is 4.48. The fourth-order valence-corrected chi connectivity index (χ4v) is 1.12. The van der Waals surface area contributed by atoms with Crippen LogP contribution in [0.25, 0.3) is 6.08 Å². The number of nitrogens with one attached hydrogen (secondary N) is 1. The Labute approximate surface area is 77.2 Å². The number of hydrogen-bond acceptors (Lipinski definition) is 1. The zero-order valence-corrected chi connectivity index (χ0v) is 7.95.